The van der Waals surface area contributed by atoms with Crippen molar-refractivity contribution in [2.75, 3.05) is 0 Å². The van der Waals surface area contributed by atoms with Gasteiger partial charge in [0.2, 0.25) is 5.91 Å². The second-order valence-corrected chi connectivity index (χ2v) is 11.3. The average Bonchev–Trinajstić information content (AvgIpc) is 2.80. The van der Waals surface area contributed by atoms with E-state index in [0.717, 1.165) is 31.2 Å². The van der Waals surface area contributed by atoms with Crippen LogP contribution in [-0.4, -0.2) is 47.2 Å². The van der Waals surface area contributed by atoms with E-state index >= 15 is 0 Å². The molecule has 0 aromatic heterocycles. The molecule has 0 heterocycles. The highest BCUT2D eigenvalue weighted by Crippen LogP contribution is 2.14. The normalized spacial score (nSPS) is 13.1. The molecule has 1 aromatic carbocycles. The van der Waals surface area contributed by atoms with Crippen LogP contribution in [0.2, 0.25) is 0 Å². The van der Waals surface area contributed by atoms with Gasteiger partial charge in [-0.2, -0.15) is 0 Å². The molecule has 2 atom stereocenters. The maximum Gasteiger partial charge on any atom is 0.408 e. The van der Waals surface area contributed by atoms with E-state index in [1.165, 1.54) is 0 Å². The molecule has 0 aliphatic carbocycles. The summed E-state index contributed by atoms with van der Waals surface area (Å²) in [6, 6.07) is 7.12. The van der Waals surface area contributed by atoms with Crippen molar-refractivity contribution in [3.8, 4) is 0 Å². The molecule has 0 aliphatic heterocycles. The van der Waals surface area contributed by atoms with E-state index in [0.29, 0.717) is 6.42 Å². The number of hydrogen-bond donors (Lipinski definition) is 2. The molecule has 9 heteroatoms. The number of esters is 2. The molecule has 0 unspecified atom stereocenters. The minimum atomic E-state index is -1.12. The second-order valence-electron chi connectivity index (χ2n) is 11.3. The minimum Gasteiger partial charge on any atom is -0.460 e. The lowest BCUT2D eigenvalue weighted by Crippen LogP contribution is -2.52. The Kier molecular flexibility index (Phi) is 13.9. The predicted octanol–water partition coefficient (Wildman–Crippen LogP) is 5.20. The van der Waals surface area contributed by atoms with Gasteiger partial charge in [0, 0.05) is 6.42 Å². The lowest BCUT2D eigenvalue weighted by atomic mass is 10.0. The van der Waals surface area contributed by atoms with Crippen LogP contribution in [0.1, 0.15) is 99.0 Å². The Morgan fingerprint density at radius 3 is 2.00 bits per heavy atom. The van der Waals surface area contributed by atoms with Crippen LogP contribution in [0, 0.1) is 0 Å². The monoisotopic (exact) mass is 534 g/mol. The topological polar surface area (TPSA) is 120 Å². The van der Waals surface area contributed by atoms with Gasteiger partial charge in [-0.25, -0.2) is 9.59 Å². The van der Waals surface area contributed by atoms with Crippen molar-refractivity contribution in [3.05, 3.63) is 35.9 Å². The van der Waals surface area contributed by atoms with Crippen molar-refractivity contribution >= 4 is 23.9 Å². The van der Waals surface area contributed by atoms with E-state index in [-0.39, 0.29) is 19.4 Å². The largest absolute Gasteiger partial charge is 0.460 e. The van der Waals surface area contributed by atoms with Gasteiger partial charge in [0.25, 0.3) is 0 Å². The van der Waals surface area contributed by atoms with Crippen molar-refractivity contribution < 1.29 is 33.4 Å². The molecule has 1 aromatic rings. The van der Waals surface area contributed by atoms with E-state index in [4.69, 9.17) is 14.2 Å². The summed E-state index contributed by atoms with van der Waals surface area (Å²) in [6.07, 6.45) is 3.14. The molecule has 9 nitrogen and oxygen atoms in total. The van der Waals surface area contributed by atoms with Gasteiger partial charge in [-0.3, -0.25) is 9.59 Å². The Balaban J connectivity index is 2.95. The third-order valence-corrected chi connectivity index (χ3v) is 5.23. The first-order valence-electron chi connectivity index (χ1n) is 13.4. The van der Waals surface area contributed by atoms with Crippen molar-refractivity contribution in [2.24, 2.45) is 0 Å². The van der Waals surface area contributed by atoms with Crippen molar-refractivity contribution in [1.82, 2.24) is 10.6 Å². The predicted molar refractivity (Wildman–Crippen MR) is 145 cm³/mol. The molecule has 0 saturated carbocycles. The highest BCUT2D eigenvalue weighted by Gasteiger charge is 2.31. The molecule has 0 fully saturated rings. The van der Waals surface area contributed by atoms with E-state index < -0.39 is 47.2 Å². The van der Waals surface area contributed by atoms with Gasteiger partial charge in [-0.1, -0.05) is 62.9 Å². The van der Waals surface area contributed by atoms with Gasteiger partial charge in [0.15, 0.2) is 0 Å². The van der Waals surface area contributed by atoms with Gasteiger partial charge in [-0.15, -0.1) is 0 Å². The van der Waals surface area contributed by atoms with Gasteiger partial charge in [0.1, 0.15) is 29.9 Å². The fourth-order valence-corrected chi connectivity index (χ4v) is 3.50. The third kappa shape index (κ3) is 15.2. The highest BCUT2D eigenvalue weighted by atomic mass is 16.6. The number of nitrogens with one attached hydrogen (secondary N) is 2. The zero-order valence-electron chi connectivity index (χ0n) is 24.1. The van der Waals surface area contributed by atoms with Crippen LogP contribution in [0.3, 0.4) is 0 Å². The number of alkyl carbamates (subject to hydrolysis) is 1. The number of carbonyl (C=O) groups is 4. The average molecular weight is 535 g/mol. The number of hydrogen-bond acceptors (Lipinski definition) is 7. The van der Waals surface area contributed by atoms with Crippen molar-refractivity contribution in [2.45, 2.75) is 123 Å². The summed E-state index contributed by atoms with van der Waals surface area (Å²) in [5.74, 6) is -1.64. The number of carbonyl (C=O) groups excluding carboxylic acids is 4. The van der Waals surface area contributed by atoms with E-state index in [9.17, 15) is 19.2 Å². The molecule has 2 amide bonds. The fraction of sp³-hybridized carbons (Fsp3) is 0.655. The fourth-order valence-electron chi connectivity index (χ4n) is 3.50. The Bertz CT molecular complexity index is 888. The molecular formula is C29H46N2O7. The Morgan fingerprint density at radius 1 is 0.789 bits per heavy atom. The van der Waals surface area contributed by atoms with Crippen LogP contribution in [0.4, 0.5) is 4.79 Å². The molecule has 38 heavy (non-hydrogen) atoms. The Morgan fingerprint density at radius 2 is 1.42 bits per heavy atom. The number of unbranched alkanes of at least 4 members (excludes halogenated alkanes) is 3. The summed E-state index contributed by atoms with van der Waals surface area (Å²) < 4.78 is 16.1. The van der Waals surface area contributed by atoms with Crippen molar-refractivity contribution in [1.29, 1.82) is 0 Å². The Labute approximate surface area is 227 Å². The third-order valence-electron chi connectivity index (χ3n) is 5.23. The zero-order valence-corrected chi connectivity index (χ0v) is 24.1. The van der Waals surface area contributed by atoms with E-state index in [2.05, 4.69) is 17.6 Å². The van der Waals surface area contributed by atoms with Crippen LogP contribution < -0.4 is 10.6 Å². The zero-order chi connectivity index (χ0) is 28.8. The summed E-state index contributed by atoms with van der Waals surface area (Å²) in [6.45, 7) is 12.6. The second kappa shape index (κ2) is 16.0. The maximum absolute atomic E-state index is 13.3. The number of benzene rings is 1. The molecule has 0 bridgehead atoms. The summed E-state index contributed by atoms with van der Waals surface area (Å²) in [4.78, 5) is 51.0. The molecule has 0 saturated heterocycles. The Hall–Kier alpha value is -3.10. The summed E-state index contributed by atoms with van der Waals surface area (Å²) in [5.41, 5.74) is -0.620. The first kappa shape index (κ1) is 32.9. The quantitative estimate of drug-likeness (QED) is 0.191. The smallest absolute Gasteiger partial charge is 0.408 e. The number of rotatable bonds is 14. The van der Waals surface area contributed by atoms with Gasteiger partial charge in [0.05, 0.1) is 0 Å². The van der Waals surface area contributed by atoms with E-state index in [1.54, 1.807) is 41.5 Å². The molecule has 0 radical (unpaired) electrons. The van der Waals surface area contributed by atoms with Gasteiger partial charge in [-0.05, 0) is 59.9 Å². The standard InChI is InChI=1S/C29H46N2O7/c1-8-9-10-14-17-23(26(34)38-29(5,6)7)30-25(33)22(18-19-24(32)37-28(2,3)4)31-27(35)36-20-21-15-12-11-13-16-21/h11-13,15-16,22-23H,8-10,14,17-20H2,1-7H3,(H,30,33)(H,31,35)/t22-,23-/m0/s1. The van der Waals surface area contributed by atoms with Crippen LogP contribution in [-0.2, 0) is 35.2 Å². The summed E-state index contributed by atoms with van der Waals surface area (Å²) in [5, 5.41) is 5.27. The SMILES string of the molecule is CCCCCC[C@H](NC(=O)[C@H](CCC(=O)OC(C)(C)C)NC(=O)OCc1ccccc1)C(=O)OC(C)(C)C. The molecule has 0 spiro atoms. The summed E-state index contributed by atoms with van der Waals surface area (Å²) >= 11 is 0. The van der Waals surface area contributed by atoms with Crippen LogP contribution in [0.15, 0.2) is 30.3 Å². The first-order valence-corrected chi connectivity index (χ1v) is 13.4. The minimum absolute atomic E-state index is 0.0189. The van der Waals surface area contributed by atoms with Crippen molar-refractivity contribution in [3.63, 3.8) is 0 Å². The first-order chi connectivity index (χ1) is 17.7. The van der Waals surface area contributed by atoms with Gasteiger partial charge >= 0.3 is 18.0 Å². The maximum atomic E-state index is 13.3. The molecular weight excluding hydrogens is 488 g/mol. The number of amides is 2. The molecule has 214 valence electrons. The van der Waals surface area contributed by atoms with Crippen LogP contribution in [0.5, 0.6) is 0 Å². The molecule has 1 rings (SSSR count). The number of ether oxygens (including phenoxy) is 3. The lowest BCUT2D eigenvalue weighted by Gasteiger charge is -2.26. The van der Waals surface area contributed by atoms with Crippen LogP contribution in [0.25, 0.3) is 0 Å². The van der Waals surface area contributed by atoms with Crippen LogP contribution >= 0.6 is 0 Å². The van der Waals surface area contributed by atoms with E-state index in [1.807, 2.05) is 30.3 Å². The van der Waals surface area contributed by atoms with Gasteiger partial charge < -0.3 is 24.8 Å². The summed E-state index contributed by atoms with van der Waals surface area (Å²) in [7, 11) is 0. The lowest BCUT2D eigenvalue weighted by molar-refractivity contribution is -0.159. The molecule has 2 N–H and O–H groups in total. The molecule has 0 aliphatic rings. The highest BCUT2D eigenvalue weighted by molar-refractivity contribution is 5.90.